The summed E-state index contributed by atoms with van der Waals surface area (Å²) in [6, 6.07) is 4.20. The molecule has 0 bridgehead atoms. The van der Waals surface area contributed by atoms with Crippen molar-refractivity contribution in [3.63, 3.8) is 0 Å². The molecule has 1 rings (SSSR count). The highest BCUT2D eigenvalue weighted by molar-refractivity contribution is 5.07. The van der Waals surface area contributed by atoms with Gasteiger partial charge in [0.05, 0.1) is 13.1 Å². The van der Waals surface area contributed by atoms with Gasteiger partial charge >= 0.3 is 0 Å². The molecule has 1 aromatic rings. The van der Waals surface area contributed by atoms with Crippen LogP contribution >= 0.6 is 0 Å². The third-order valence-corrected chi connectivity index (χ3v) is 3.23. The zero-order valence-corrected chi connectivity index (χ0v) is 13.6. The summed E-state index contributed by atoms with van der Waals surface area (Å²) in [5.41, 5.74) is 0. The predicted octanol–water partition coefficient (Wildman–Crippen LogP) is 2.55. The van der Waals surface area contributed by atoms with Gasteiger partial charge in [0, 0.05) is 13.1 Å². The molecule has 4 heteroatoms. The summed E-state index contributed by atoms with van der Waals surface area (Å²) < 4.78 is 5.90. The van der Waals surface area contributed by atoms with Crippen LogP contribution in [0, 0.1) is 0 Å². The molecule has 0 atom stereocenters. The summed E-state index contributed by atoms with van der Waals surface area (Å²) >= 11 is 0. The monoisotopic (exact) mass is 281 g/mol. The van der Waals surface area contributed by atoms with Gasteiger partial charge in [-0.1, -0.05) is 13.8 Å². The van der Waals surface area contributed by atoms with E-state index < -0.39 is 0 Å². The van der Waals surface area contributed by atoms with Gasteiger partial charge in [0.15, 0.2) is 0 Å². The normalized spacial score (nSPS) is 11.7. The van der Waals surface area contributed by atoms with Crippen LogP contribution in [0.1, 0.15) is 38.2 Å². The lowest BCUT2D eigenvalue weighted by Crippen LogP contribution is -2.31. The molecule has 20 heavy (non-hydrogen) atoms. The van der Waals surface area contributed by atoms with E-state index in [4.69, 9.17) is 4.42 Å². The number of hydrogen-bond acceptors (Lipinski definition) is 4. The fourth-order valence-corrected chi connectivity index (χ4v) is 2.14. The Morgan fingerprint density at radius 3 is 2.40 bits per heavy atom. The van der Waals surface area contributed by atoms with Crippen LogP contribution in [0.15, 0.2) is 16.5 Å². The van der Waals surface area contributed by atoms with Crippen LogP contribution in [-0.4, -0.2) is 50.1 Å². The van der Waals surface area contributed by atoms with E-state index in [0.29, 0.717) is 0 Å². The summed E-state index contributed by atoms with van der Waals surface area (Å²) in [5, 5.41) is 3.37. The Balaban J connectivity index is 2.42. The van der Waals surface area contributed by atoms with Crippen molar-refractivity contribution in [2.24, 2.45) is 0 Å². The van der Waals surface area contributed by atoms with Crippen molar-refractivity contribution >= 4 is 0 Å². The molecule has 0 aliphatic rings. The Bertz CT molecular complexity index is 349. The maximum absolute atomic E-state index is 5.90. The lowest BCUT2D eigenvalue weighted by atomic mass is 10.3. The number of rotatable bonds is 11. The van der Waals surface area contributed by atoms with Crippen LogP contribution in [0.5, 0.6) is 0 Å². The molecule has 0 fully saturated rings. The maximum Gasteiger partial charge on any atom is 0.118 e. The van der Waals surface area contributed by atoms with Crippen molar-refractivity contribution < 1.29 is 4.42 Å². The number of nitrogens with one attached hydrogen (secondary N) is 1. The van der Waals surface area contributed by atoms with Gasteiger partial charge in [0.1, 0.15) is 11.5 Å². The average Bonchev–Trinajstić information content (AvgIpc) is 2.84. The van der Waals surface area contributed by atoms with Crippen molar-refractivity contribution in [3.05, 3.63) is 23.7 Å². The predicted molar refractivity (Wildman–Crippen MR) is 84.8 cm³/mol. The SMILES string of the molecule is CCCNCc1ccc(CN(CCC)CCN(C)C)o1. The minimum atomic E-state index is 0.833. The first-order chi connectivity index (χ1) is 9.65. The van der Waals surface area contributed by atoms with Crippen molar-refractivity contribution in [2.75, 3.05) is 40.3 Å². The molecule has 0 unspecified atom stereocenters. The second-order valence-corrected chi connectivity index (χ2v) is 5.62. The second-order valence-electron chi connectivity index (χ2n) is 5.62. The Morgan fingerprint density at radius 2 is 1.75 bits per heavy atom. The highest BCUT2D eigenvalue weighted by atomic mass is 16.3. The van der Waals surface area contributed by atoms with E-state index in [-0.39, 0.29) is 0 Å². The Kier molecular flexibility index (Phi) is 8.58. The summed E-state index contributed by atoms with van der Waals surface area (Å²) in [6.07, 6.45) is 2.33. The summed E-state index contributed by atoms with van der Waals surface area (Å²) in [6.45, 7) is 10.5. The Hall–Kier alpha value is -0.840. The van der Waals surface area contributed by atoms with Crippen LogP contribution < -0.4 is 5.32 Å². The van der Waals surface area contributed by atoms with Gasteiger partial charge in [0.2, 0.25) is 0 Å². The molecule has 116 valence electrons. The van der Waals surface area contributed by atoms with Crippen molar-refractivity contribution in [2.45, 2.75) is 39.8 Å². The topological polar surface area (TPSA) is 31.6 Å². The van der Waals surface area contributed by atoms with E-state index in [1.165, 1.54) is 6.42 Å². The quantitative estimate of drug-likeness (QED) is 0.632. The molecule has 0 saturated heterocycles. The fraction of sp³-hybridized carbons (Fsp3) is 0.750. The Labute approximate surface area is 124 Å². The molecule has 1 heterocycles. The van der Waals surface area contributed by atoms with E-state index in [1.54, 1.807) is 0 Å². The smallest absolute Gasteiger partial charge is 0.118 e. The lowest BCUT2D eigenvalue weighted by molar-refractivity contribution is 0.216. The number of likely N-dealkylation sites (N-methyl/N-ethyl adjacent to an activating group) is 1. The van der Waals surface area contributed by atoms with Gasteiger partial charge in [-0.2, -0.15) is 0 Å². The second kappa shape index (κ2) is 9.97. The maximum atomic E-state index is 5.90. The van der Waals surface area contributed by atoms with E-state index in [0.717, 1.165) is 57.2 Å². The van der Waals surface area contributed by atoms with Crippen LogP contribution in [-0.2, 0) is 13.1 Å². The largest absolute Gasteiger partial charge is 0.463 e. The van der Waals surface area contributed by atoms with Gasteiger partial charge in [-0.3, -0.25) is 4.90 Å². The number of hydrogen-bond donors (Lipinski definition) is 1. The first kappa shape index (κ1) is 17.2. The van der Waals surface area contributed by atoms with Gasteiger partial charge in [-0.05, 0) is 52.2 Å². The first-order valence-electron chi connectivity index (χ1n) is 7.81. The van der Waals surface area contributed by atoms with Crippen molar-refractivity contribution in [1.29, 1.82) is 0 Å². The minimum absolute atomic E-state index is 0.833. The molecule has 1 N–H and O–H groups in total. The molecule has 0 spiro atoms. The van der Waals surface area contributed by atoms with E-state index in [9.17, 15) is 0 Å². The average molecular weight is 281 g/mol. The fourth-order valence-electron chi connectivity index (χ4n) is 2.14. The molecule has 0 saturated carbocycles. The van der Waals surface area contributed by atoms with Gasteiger partial charge in [0.25, 0.3) is 0 Å². The van der Waals surface area contributed by atoms with Gasteiger partial charge in [-0.25, -0.2) is 0 Å². The standard InChI is InChI=1S/C16H31N3O/c1-5-9-17-13-15-7-8-16(20-15)14-19(10-6-2)12-11-18(3)4/h7-8,17H,5-6,9-14H2,1-4H3. The molecule has 0 radical (unpaired) electrons. The summed E-state index contributed by atoms with van der Waals surface area (Å²) in [5.74, 6) is 2.11. The minimum Gasteiger partial charge on any atom is -0.463 e. The van der Waals surface area contributed by atoms with E-state index >= 15 is 0 Å². The Morgan fingerprint density at radius 1 is 1.00 bits per heavy atom. The van der Waals surface area contributed by atoms with E-state index in [2.05, 4.69) is 55.2 Å². The molecule has 1 aromatic heterocycles. The number of nitrogens with zero attached hydrogens (tertiary/aromatic N) is 2. The van der Waals surface area contributed by atoms with Crippen molar-refractivity contribution in [1.82, 2.24) is 15.1 Å². The number of furan rings is 1. The van der Waals surface area contributed by atoms with E-state index in [1.807, 2.05) is 0 Å². The van der Waals surface area contributed by atoms with Crippen molar-refractivity contribution in [3.8, 4) is 0 Å². The highest BCUT2D eigenvalue weighted by Gasteiger charge is 2.09. The molecule has 0 aliphatic heterocycles. The van der Waals surface area contributed by atoms with Gasteiger partial charge in [-0.15, -0.1) is 0 Å². The summed E-state index contributed by atoms with van der Waals surface area (Å²) in [4.78, 5) is 4.69. The molecule has 0 aromatic carbocycles. The zero-order chi connectivity index (χ0) is 14.8. The van der Waals surface area contributed by atoms with Crippen LogP contribution in [0.25, 0.3) is 0 Å². The molecule has 0 amide bonds. The summed E-state index contributed by atoms with van der Waals surface area (Å²) in [7, 11) is 4.24. The first-order valence-corrected chi connectivity index (χ1v) is 7.81. The zero-order valence-electron chi connectivity index (χ0n) is 13.6. The molecule has 4 nitrogen and oxygen atoms in total. The third kappa shape index (κ3) is 7.08. The molecular weight excluding hydrogens is 250 g/mol. The van der Waals surface area contributed by atoms with Gasteiger partial charge < -0.3 is 14.6 Å². The molecular formula is C16H31N3O. The van der Waals surface area contributed by atoms with Crippen LogP contribution in [0.2, 0.25) is 0 Å². The third-order valence-electron chi connectivity index (χ3n) is 3.23. The van der Waals surface area contributed by atoms with Crippen LogP contribution in [0.4, 0.5) is 0 Å². The molecule has 0 aliphatic carbocycles. The lowest BCUT2D eigenvalue weighted by Gasteiger charge is -2.22. The highest BCUT2D eigenvalue weighted by Crippen LogP contribution is 2.11. The van der Waals surface area contributed by atoms with Crippen LogP contribution in [0.3, 0.4) is 0 Å².